The first kappa shape index (κ1) is 121. The third-order valence-electron chi connectivity index (χ3n) is 37.5. The molecule has 7 aromatic heterocycles. The van der Waals surface area contributed by atoms with Gasteiger partial charge in [0.1, 0.15) is 23.0 Å². The van der Waals surface area contributed by atoms with Crippen molar-refractivity contribution in [2.45, 2.75) is 415 Å². The Hall–Kier alpha value is -7.06. The van der Waals surface area contributed by atoms with E-state index in [1.165, 1.54) is 254 Å². The molecule has 0 unspecified atom stereocenters. The number of fused-ring (bicyclic) bond motifs is 1. The molecule has 5 nitrogen and oxygen atoms in total. The maximum atomic E-state index is 5.34. The van der Waals surface area contributed by atoms with Crippen LogP contribution in [-0.2, 0) is 21.1 Å². The number of rotatable bonds is 0. The van der Waals surface area contributed by atoms with Gasteiger partial charge in [-0.3, -0.25) is 0 Å². The summed E-state index contributed by atoms with van der Waals surface area (Å²) in [5.74, 6) is 15.1. The lowest BCUT2D eigenvalue weighted by atomic mass is 9.60. The first-order valence-electron chi connectivity index (χ1n) is 50.2. The third kappa shape index (κ3) is 27.7. The Morgan fingerprint density at radius 2 is 0.235 bits per heavy atom. The Balaban J connectivity index is 0.000000490. The first-order chi connectivity index (χ1) is 60.3. The molecule has 0 saturated heterocycles. The average molecular weight is 1840 g/mol. The second kappa shape index (κ2) is 50.8. The van der Waals surface area contributed by atoms with E-state index in [0.29, 0.717) is 0 Å². The van der Waals surface area contributed by atoms with Crippen LogP contribution in [0.5, 0.6) is 0 Å². The number of furan rings is 2. The predicted molar refractivity (Wildman–Crippen MR) is 596 cm³/mol. The largest absolute Gasteiger partial charge is 0.466 e. The molecular weight excluding hydrogens is 1640 g/mol. The molecule has 0 N–H and O–H groups in total. The van der Waals surface area contributed by atoms with E-state index in [9.17, 15) is 0 Å². The minimum atomic E-state index is 0.909. The second-order valence-corrected chi connectivity index (χ2v) is 45.2. The SMILES string of the molecule is CC1C(C)C(C)C(C)C(C)C1C.CC1C(C)C(C)C(C)C(C)C1C.Cc1c(C)c(C)c(C)c(C)c1C.Cc1c(C)c(C)c(C)c(C)c1C.Cc1c(C)c(C)c2c(C)c(C)c(C)c(C)c2c1C.Cc1c(C)c(C)n(C)c1C.Cc1c(C)c(C)n(C)c1C.Cc1c(C)c(C)n(C)c1C.Cc1oc(C)c(C)c1C.Cc1oc(C)c(C)c1C.Cc1sc(C)c(C)c1C.Cc1sc(C)c(C)c1C. The average Bonchev–Trinajstić information content (AvgIpc) is 0.821. The molecule has 0 atom stereocenters. The number of nitrogens with zero attached hydrogens (tertiary/aromatic N) is 3. The monoisotopic (exact) mass is 1840 g/mol. The van der Waals surface area contributed by atoms with Crippen LogP contribution in [0, 0.1) is 403 Å². The van der Waals surface area contributed by atoms with Crippen LogP contribution in [0.3, 0.4) is 0 Å². The predicted octanol–water partition coefficient (Wildman–Crippen LogP) is 37.8. The van der Waals surface area contributed by atoms with Gasteiger partial charge in [0, 0.05) is 74.8 Å². The molecule has 0 spiro atoms. The fourth-order valence-corrected chi connectivity index (χ4v) is 22.0. The fraction of sp³-hybridized carbons (Fsp3) is 0.600. The van der Waals surface area contributed by atoms with Crippen LogP contribution >= 0.6 is 22.7 Å². The molecule has 740 valence electrons. The van der Waals surface area contributed by atoms with Crippen molar-refractivity contribution in [1.29, 1.82) is 0 Å². The Kier molecular flexibility index (Phi) is 46.6. The molecular formula is C125H201N3O2S2. The summed E-state index contributed by atoms with van der Waals surface area (Å²) in [6, 6.07) is 0. The van der Waals surface area contributed by atoms with Crippen molar-refractivity contribution in [1.82, 2.24) is 13.7 Å². The Morgan fingerprint density at radius 1 is 0.136 bits per heavy atom. The van der Waals surface area contributed by atoms with E-state index >= 15 is 0 Å². The van der Waals surface area contributed by atoms with Gasteiger partial charge in [-0.15, -0.1) is 22.7 Å². The molecule has 2 aliphatic carbocycles. The van der Waals surface area contributed by atoms with E-state index in [2.05, 4.69) is 423 Å². The van der Waals surface area contributed by atoms with Gasteiger partial charge in [0.25, 0.3) is 0 Å². The molecule has 0 bridgehead atoms. The lowest BCUT2D eigenvalue weighted by Gasteiger charge is -2.45. The van der Waals surface area contributed by atoms with Crippen molar-refractivity contribution in [3.05, 3.63) is 266 Å². The highest BCUT2D eigenvalue weighted by molar-refractivity contribution is 7.12. The summed E-state index contributed by atoms with van der Waals surface area (Å²) in [4.78, 5) is 5.85. The van der Waals surface area contributed by atoms with Crippen molar-refractivity contribution < 1.29 is 8.83 Å². The number of thiophene rings is 2. The van der Waals surface area contributed by atoms with Gasteiger partial charge in [-0.2, -0.15) is 0 Å². The lowest BCUT2D eigenvalue weighted by molar-refractivity contribution is 0.0302. The summed E-state index contributed by atoms with van der Waals surface area (Å²) >= 11 is 3.79. The molecule has 0 amide bonds. The molecule has 0 aliphatic heterocycles. The van der Waals surface area contributed by atoms with Gasteiger partial charge in [-0.05, 0) is 603 Å². The lowest BCUT2D eigenvalue weighted by Crippen LogP contribution is -2.39. The van der Waals surface area contributed by atoms with E-state index in [-0.39, 0.29) is 0 Å². The summed E-state index contributed by atoms with van der Waals surface area (Å²) < 4.78 is 17.4. The van der Waals surface area contributed by atoms with E-state index < -0.39 is 0 Å². The Bertz CT molecular complexity index is 4500. The molecule has 2 aliphatic rings. The van der Waals surface area contributed by atoms with Crippen molar-refractivity contribution in [3.63, 3.8) is 0 Å². The van der Waals surface area contributed by atoms with Crippen LogP contribution in [-0.4, -0.2) is 13.7 Å². The van der Waals surface area contributed by atoms with Crippen molar-refractivity contribution in [3.8, 4) is 0 Å². The van der Waals surface area contributed by atoms with Crippen molar-refractivity contribution >= 4 is 33.4 Å². The van der Waals surface area contributed by atoms with Crippen LogP contribution in [0.2, 0.25) is 0 Å². The third-order valence-corrected chi connectivity index (χ3v) is 39.9. The van der Waals surface area contributed by atoms with Crippen LogP contribution in [0.15, 0.2) is 8.83 Å². The normalized spacial score (nSPS) is 18.7. The number of aromatic nitrogens is 3. The highest BCUT2D eigenvalue weighted by Crippen LogP contribution is 2.47. The minimum Gasteiger partial charge on any atom is -0.466 e. The summed E-state index contributed by atoms with van der Waals surface area (Å²) in [6.07, 6.45) is 0. The number of hydrogen-bond acceptors (Lipinski definition) is 4. The van der Waals surface area contributed by atoms with Gasteiger partial charge in [0.05, 0.1) is 0 Å². The molecule has 2 saturated carbocycles. The molecule has 0 radical (unpaired) electrons. The Labute approximate surface area is 823 Å². The summed E-state index contributed by atoms with van der Waals surface area (Å²) in [6.45, 7) is 134. The summed E-state index contributed by atoms with van der Waals surface area (Å²) in [5.41, 5.74) is 57.0. The maximum absolute atomic E-state index is 5.34. The fourth-order valence-electron chi connectivity index (χ4n) is 19.8. The molecule has 11 aromatic rings. The van der Waals surface area contributed by atoms with Crippen LogP contribution in [0.1, 0.15) is 349 Å². The highest BCUT2D eigenvalue weighted by Gasteiger charge is 2.40. The topological polar surface area (TPSA) is 41.1 Å². The summed E-state index contributed by atoms with van der Waals surface area (Å²) in [7, 11) is 6.35. The van der Waals surface area contributed by atoms with Crippen molar-refractivity contribution in [2.24, 2.45) is 92.2 Å². The molecule has 7 heterocycles. The van der Waals surface area contributed by atoms with Crippen LogP contribution in [0.4, 0.5) is 0 Å². The zero-order valence-electron chi connectivity index (χ0n) is 97.9. The zero-order valence-corrected chi connectivity index (χ0v) is 99.5. The Morgan fingerprint density at radius 3 is 0.295 bits per heavy atom. The van der Waals surface area contributed by atoms with Gasteiger partial charge in [-0.25, -0.2) is 0 Å². The highest BCUT2D eigenvalue weighted by atomic mass is 32.1. The summed E-state index contributed by atoms with van der Waals surface area (Å²) in [5, 5.41) is 2.97. The number of hydrogen-bond donors (Lipinski definition) is 0. The standard InChI is InChI=1S/C18H24.2C12H24.2C12H18.3C9H15N.2C8H12O.2C8H12S/c1-9-10(2)14(6)18-16(8)12(4)11(3)15(7)17(18)13(9)5;4*1-7-8(2)10(4)12(6)11(5)9(7)3;3*1-6-7(2)9(4)10(5)8(6)3;4*1-5-6(2)8(4)9-7(5)3/h1-8H3;2*7-12H,1-6H3;2*1-6H3;3*1-5H3;4*1-4H3. The van der Waals surface area contributed by atoms with Gasteiger partial charge >= 0.3 is 0 Å². The van der Waals surface area contributed by atoms with Gasteiger partial charge in [0.2, 0.25) is 0 Å². The van der Waals surface area contributed by atoms with E-state index in [1.54, 1.807) is 0 Å². The zero-order chi connectivity index (χ0) is 103. The number of benzene rings is 4. The van der Waals surface area contributed by atoms with Gasteiger partial charge < -0.3 is 22.5 Å². The second-order valence-electron chi connectivity index (χ2n) is 42.4. The van der Waals surface area contributed by atoms with E-state index in [4.69, 9.17) is 8.83 Å². The van der Waals surface area contributed by atoms with Crippen LogP contribution < -0.4 is 0 Å². The van der Waals surface area contributed by atoms with Crippen molar-refractivity contribution in [2.75, 3.05) is 0 Å². The number of aryl methyl sites for hydroxylation is 12. The van der Waals surface area contributed by atoms with Gasteiger partial charge in [-0.1, -0.05) is 83.1 Å². The first-order valence-corrected chi connectivity index (χ1v) is 51.9. The maximum Gasteiger partial charge on any atom is 0.104 e. The molecule has 13 rings (SSSR count). The minimum absolute atomic E-state index is 0.909. The molecule has 2 fully saturated rings. The van der Waals surface area contributed by atoms with E-state index in [0.717, 1.165) is 94.1 Å². The molecule has 132 heavy (non-hydrogen) atoms. The molecule has 7 heteroatoms. The quantitative estimate of drug-likeness (QED) is 0.152. The van der Waals surface area contributed by atoms with E-state index in [1.807, 2.05) is 50.4 Å². The van der Waals surface area contributed by atoms with Crippen LogP contribution in [0.25, 0.3) is 10.8 Å². The molecule has 4 aromatic carbocycles. The van der Waals surface area contributed by atoms with Gasteiger partial charge in [0.15, 0.2) is 0 Å². The smallest absolute Gasteiger partial charge is 0.104 e.